The largest absolute Gasteiger partial charge is 0.359 e. The summed E-state index contributed by atoms with van der Waals surface area (Å²) in [6.07, 6.45) is 1.87. The number of benzene rings is 1. The third kappa shape index (κ3) is 3.43. The van der Waals surface area contributed by atoms with Gasteiger partial charge in [-0.2, -0.15) is 4.31 Å². The van der Waals surface area contributed by atoms with Crippen LogP contribution in [0, 0.1) is 5.92 Å². The maximum atomic E-state index is 12.9. The number of aryl methyl sites for hydroxylation is 1. The fourth-order valence-corrected chi connectivity index (χ4v) is 5.88. The Morgan fingerprint density at radius 3 is 2.62 bits per heavy atom. The van der Waals surface area contributed by atoms with Gasteiger partial charge in [0.25, 0.3) is 0 Å². The summed E-state index contributed by atoms with van der Waals surface area (Å²) in [5.74, 6) is -0.173. The van der Waals surface area contributed by atoms with Crippen LogP contribution in [0.25, 0.3) is 10.2 Å². The summed E-state index contributed by atoms with van der Waals surface area (Å²) in [6.45, 7) is 3.27. The molecule has 26 heavy (non-hydrogen) atoms. The lowest BCUT2D eigenvalue weighted by molar-refractivity contribution is -0.125. The number of hydrogen-bond donors (Lipinski definition) is 1. The summed E-state index contributed by atoms with van der Waals surface area (Å²) < 4.78 is 29.7. The van der Waals surface area contributed by atoms with Crippen molar-refractivity contribution in [2.45, 2.75) is 37.6 Å². The second-order valence-electron chi connectivity index (χ2n) is 6.44. The van der Waals surface area contributed by atoms with Crippen LogP contribution >= 0.6 is 11.3 Å². The van der Waals surface area contributed by atoms with Gasteiger partial charge in [0, 0.05) is 32.6 Å². The van der Waals surface area contributed by atoms with Gasteiger partial charge in [-0.15, -0.1) is 0 Å². The molecule has 9 heteroatoms. The first kappa shape index (κ1) is 19.1. The normalized spacial score (nSPS) is 16.8. The van der Waals surface area contributed by atoms with Crippen molar-refractivity contribution in [3.05, 3.63) is 27.9 Å². The molecule has 1 aliphatic rings. The molecule has 1 amide bonds. The standard InChI is InChI=1S/C17H23N3O4S2/c1-3-8-20-14-5-4-13(11-15(14)25-17(20)22)26(23,24)19-9-6-12(7-10-19)16(21)18-2/h4-5,11-12H,3,6-10H2,1-2H3,(H,18,21). The summed E-state index contributed by atoms with van der Waals surface area (Å²) in [4.78, 5) is 24.0. The minimum atomic E-state index is -3.63. The van der Waals surface area contributed by atoms with E-state index in [0.717, 1.165) is 23.3 Å². The van der Waals surface area contributed by atoms with Crippen molar-refractivity contribution in [2.24, 2.45) is 5.92 Å². The summed E-state index contributed by atoms with van der Waals surface area (Å²) in [5, 5.41) is 2.62. The summed E-state index contributed by atoms with van der Waals surface area (Å²) in [5.41, 5.74) is 0.777. The Morgan fingerprint density at radius 2 is 2.00 bits per heavy atom. The van der Waals surface area contributed by atoms with Crippen LogP contribution in [0.5, 0.6) is 0 Å². The molecule has 0 spiro atoms. The maximum Gasteiger partial charge on any atom is 0.308 e. The van der Waals surface area contributed by atoms with Crippen molar-refractivity contribution in [3.63, 3.8) is 0 Å². The number of thiazole rings is 1. The topological polar surface area (TPSA) is 88.5 Å². The third-order valence-corrected chi connectivity index (χ3v) is 7.63. The number of piperidine rings is 1. The van der Waals surface area contributed by atoms with Crippen molar-refractivity contribution < 1.29 is 13.2 Å². The zero-order valence-corrected chi connectivity index (χ0v) is 16.5. The highest BCUT2D eigenvalue weighted by molar-refractivity contribution is 7.89. The average molecular weight is 398 g/mol. The summed E-state index contributed by atoms with van der Waals surface area (Å²) in [6, 6.07) is 4.88. The number of hydrogen-bond acceptors (Lipinski definition) is 5. The van der Waals surface area contributed by atoms with Crippen LogP contribution in [0.4, 0.5) is 0 Å². The van der Waals surface area contributed by atoms with E-state index in [2.05, 4.69) is 5.32 Å². The molecule has 142 valence electrons. The van der Waals surface area contributed by atoms with Crippen LogP contribution in [0.15, 0.2) is 27.9 Å². The van der Waals surface area contributed by atoms with E-state index in [0.29, 0.717) is 37.2 Å². The van der Waals surface area contributed by atoms with Crippen LogP contribution in [0.1, 0.15) is 26.2 Å². The van der Waals surface area contributed by atoms with Crippen LogP contribution in [0.2, 0.25) is 0 Å². The summed E-state index contributed by atoms with van der Waals surface area (Å²) >= 11 is 1.07. The molecule has 7 nitrogen and oxygen atoms in total. The minimum Gasteiger partial charge on any atom is -0.359 e. The van der Waals surface area contributed by atoms with Gasteiger partial charge in [-0.1, -0.05) is 18.3 Å². The van der Waals surface area contributed by atoms with E-state index in [9.17, 15) is 18.0 Å². The molecule has 0 saturated carbocycles. The quantitative estimate of drug-likeness (QED) is 0.830. The van der Waals surface area contributed by atoms with Crippen LogP contribution in [-0.4, -0.2) is 43.3 Å². The predicted octanol–water partition coefficient (Wildman–Crippen LogP) is 1.62. The van der Waals surface area contributed by atoms with Gasteiger partial charge in [0.15, 0.2) is 0 Å². The van der Waals surface area contributed by atoms with E-state index >= 15 is 0 Å². The Labute approximate surface area is 156 Å². The van der Waals surface area contributed by atoms with Gasteiger partial charge in [-0.3, -0.25) is 14.2 Å². The SMILES string of the molecule is CCCn1c(=O)sc2cc(S(=O)(=O)N3CCC(C(=O)NC)CC3)ccc21. The van der Waals surface area contributed by atoms with Crippen molar-refractivity contribution in [3.8, 4) is 0 Å². The van der Waals surface area contributed by atoms with Crippen molar-refractivity contribution in [2.75, 3.05) is 20.1 Å². The van der Waals surface area contributed by atoms with E-state index in [-0.39, 0.29) is 21.6 Å². The first-order chi connectivity index (χ1) is 12.4. The minimum absolute atomic E-state index is 0.0366. The number of aromatic nitrogens is 1. The third-order valence-electron chi connectivity index (χ3n) is 4.80. The number of carbonyl (C=O) groups excluding carboxylic acids is 1. The molecular weight excluding hydrogens is 374 g/mol. The molecule has 2 aromatic rings. The maximum absolute atomic E-state index is 12.9. The van der Waals surface area contributed by atoms with Gasteiger partial charge < -0.3 is 5.32 Å². The van der Waals surface area contributed by atoms with E-state index in [4.69, 9.17) is 0 Å². The highest BCUT2D eigenvalue weighted by Crippen LogP contribution is 2.27. The Balaban J connectivity index is 1.86. The highest BCUT2D eigenvalue weighted by Gasteiger charge is 2.32. The molecular formula is C17H23N3O4S2. The zero-order chi connectivity index (χ0) is 18.9. The Morgan fingerprint density at radius 1 is 1.31 bits per heavy atom. The molecule has 1 aliphatic heterocycles. The monoisotopic (exact) mass is 397 g/mol. The van der Waals surface area contributed by atoms with Gasteiger partial charge in [-0.05, 0) is 37.5 Å². The second kappa shape index (κ2) is 7.50. The lowest BCUT2D eigenvalue weighted by atomic mass is 9.97. The highest BCUT2D eigenvalue weighted by atomic mass is 32.2. The van der Waals surface area contributed by atoms with Gasteiger partial charge in [0.2, 0.25) is 15.9 Å². The first-order valence-electron chi connectivity index (χ1n) is 8.73. The van der Waals surface area contributed by atoms with Crippen LogP contribution in [-0.2, 0) is 21.4 Å². The molecule has 1 aromatic heterocycles. The van der Waals surface area contributed by atoms with Gasteiger partial charge in [-0.25, -0.2) is 8.42 Å². The van der Waals surface area contributed by atoms with E-state index < -0.39 is 10.0 Å². The van der Waals surface area contributed by atoms with Crippen molar-refractivity contribution in [1.29, 1.82) is 0 Å². The second-order valence-corrected chi connectivity index (χ2v) is 9.37. The smallest absolute Gasteiger partial charge is 0.308 e. The lowest BCUT2D eigenvalue weighted by Gasteiger charge is -2.30. The fourth-order valence-electron chi connectivity index (χ4n) is 3.35. The number of amides is 1. The van der Waals surface area contributed by atoms with Crippen LogP contribution in [0.3, 0.4) is 0 Å². The number of fused-ring (bicyclic) bond motifs is 1. The van der Waals surface area contributed by atoms with Gasteiger partial charge in [0.05, 0.1) is 15.1 Å². The molecule has 1 fully saturated rings. The van der Waals surface area contributed by atoms with E-state index in [1.165, 1.54) is 4.31 Å². The fraction of sp³-hybridized carbons (Fsp3) is 0.529. The number of nitrogens with zero attached hydrogens (tertiary/aromatic N) is 2. The van der Waals surface area contributed by atoms with Crippen molar-refractivity contribution >= 4 is 37.5 Å². The number of rotatable bonds is 5. The van der Waals surface area contributed by atoms with E-state index in [1.54, 1.807) is 29.8 Å². The molecule has 1 aromatic carbocycles. The molecule has 0 atom stereocenters. The van der Waals surface area contributed by atoms with Gasteiger partial charge in [0.1, 0.15) is 0 Å². The average Bonchev–Trinajstić information content (AvgIpc) is 2.96. The molecule has 3 rings (SSSR count). The number of nitrogens with one attached hydrogen (secondary N) is 1. The predicted molar refractivity (Wildman–Crippen MR) is 102 cm³/mol. The first-order valence-corrected chi connectivity index (χ1v) is 11.0. The Kier molecular flexibility index (Phi) is 5.50. The molecule has 0 unspecified atom stereocenters. The van der Waals surface area contributed by atoms with Crippen LogP contribution < -0.4 is 10.2 Å². The number of sulfonamides is 1. The molecule has 1 N–H and O–H groups in total. The molecule has 1 saturated heterocycles. The summed E-state index contributed by atoms with van der Waals surface area (Å²) in [7, 11) is -2.03. The molecule has 2 heterocycles. The van der Waals surface area contributed by atoms with Gasteiger partial charge >= 0.3 is 4.87 Å². The number of carbonyl (C=O) groups is 1. The molecule has 0 radical (unpaired) electrons. The Hall–Kier alpha value is -1.71. The van der Waals surface area contributed by atoms with Crippen molar-refractivity contribution in [1.82, 2.24) is 14.2 Å². The molecule has 0 bridgehead atoms. The zero-order valence-electron chi connectivity index (χ0n) is 14.9. The molecule has 0 aliphatic carbocycles. The van der Waals surface area contributed by atoms with E-state index in [1.807, 2.05) is 6.92 Å². The Bertz CT molecular complexity index is 970. The lowest BCUT2D eigenvalue weighted by Crippen LogP contribution is -2.42.